The van der Waals surface area contributed by atoms with Crippen molar-refractivity contribution >= 4 is 0 Å². The number of aromatic amines is 1. The smallest absolute Gasteiger partial charge is 0.332 e. The van der Waals surface area contributed by atoms with Gasteiger partial charge in [-0.3, -0.25) is 4.79 Å². The van der Waals surface area contributed by atoms with Gasteiger partial charge in [-0.15, -0.1) is 0 Å². The molecule has 5 nitrogen and oxygen atoms in total. The van der Waals surface area contributed by atoms with E-state index in [2.05, 4.69) is 4.98 Å². The van der Waals surface area contributed by atoms with E-state index in [1.807, 2.05) is 6.92 Å². The summed E-state index contributed by atoms with van der Waals surface area (Å²) in [4.78, 5) is 24.1. The van der Waals surface area contributed by atoms with Gasteiger partial charge in [0.25, 0.3) is 5.56 Å². The number of nitrogens with two attached hydrogens (primary N) is 1. The summed E-state index contributed by atoms with van der Waals surface area (Å²) in [6, 6.07) is 0. The molecule has 0 aliphatic rings. The van der Waals surface area contributed by atoms with Gasteiger partial charge in [0.2, 0.25) is 0 Å². The Morgan fingerprint density at radius 3 is 2.82 bits per heavy atom. The zero-order valence-electron chi connectivity index (χ0n) is 6.13. The van der Waals surface area contributed by atoms with Crippen molar-refractivity contribution in [2.75, 3.05) is 5.84 Å². The summed E-state index contributed by atoms with van der Waals surface area (Å²) in [5, 5.41) is 0. The van der Waals surface area contributed by atoms with Gasteiger partial charge in [-0.05, 0) is 6.42 Å². The molecule has 0 atom stereocenters. The number of nitrogen functional groups attached to an aromatic ring is 1. The second kappa shape index (κ2) is 2.61. The summed E-state index contributed by atoms with van der Waals surface area (Å²) >= 11 is 0. The van der Waals surface area contributed by atoms with E-state index in [-0.39, 0.29) is 0 Å². The van der Waals surface area contributed by atoms with Gasteiger partial charge in [-0.25, -0.2) is 4.79 Å². The fraction of sp³-hybridized carbons (Fsp3) is 0.333. The molecule has 1 aromatic rings. The van der Waals surface area contributed by atoms with Crippen LogP contribution in [0.5, 0.6) is 0 Å². The molecule has 0 aliphatic heterocycles. The molecule has 0 unspecified atom stereocenters. The predicted molar refractivity (Wildman–Crippen MR) is 40.9 cm³/mol. The van der Waals surface area contributed by atoms with Crippen LogP contribution in [0.2, 0.25) is 0 Å². The van der Waals surface area contributed by atoms with Gasteiger partial charge in [0.05, 0.1) is 0 Å². The van der Waals surface area contributed by atoms with Crippen LogP contribution in [-0.2, 0) is 6.42 Å². The van der Waals surface area contributed by atoms with E-state index in [0.29, 0.717) is 16.7 Å². The van der Waals surface area contributed by atoms with Crippen molar-refractivity contribution in [1.82, 2.24) is 9.66 Å². The quantitative estimate of drug-likeness (QED) is 0.500. The molecule has 0 amide bonds. The molecule has 0 saturated heterocycles. The number of aromatic nitrogens is 2. The first-order chi connectivity index (χ1) is 5.16. The van der Waals surface area contributed by atoms with Gasteiger partial charge in [-0.1, -0.05) is 6.92 Å². The van der Waals surface area contributed by atoms with Gasteiger partial charge in [0, 0.05) is 11.8 Å². The fourth-order valence-corrected chi connectivity index (χ4v) is 0.780. The molecule has 1 aromatic heterocycles. The molecule has 3 N–H and O–H groups in total. The molecule has 60 valence electrons. The second-order valence-corrected chi connectivity index (χ2v) is 2.15. The lowest BCUT2D eigenvalue weighted by Gasteiger charge is -1.97. The third kappa shape index (κ3) is 1.17. The van der Waals surface area contributed by atoms with Crippen LogP contribution in [-0.4, -0.2) is 9.66 Å². The van der Waals surface area contributed by atoms with Crippen LogP contribution < -0.4 is 17.1 Å². The van der Waals surface area contributed by atoms with E-state index < -0.39 is 11.2 Å². The molecule has 1 heterocycles. The van der Waals surface area contributed by atoms with E-state index in [1.54, 1.807) is 0 Å². The summed E-state index contributed by atoms with van der Waals surface area (Å²) in [7, 11) is 0. The Labute approximate surface area is 62.4 Å². The number of aryl methyl sites for hydroxylation is 1. The minimum absolute atomic E-state index is 0.434. The molecule has 0 radical (unpaired) electrons. The Morgan fingerprint density at radius 1 is 1.64 bits per heavy atom. The Balaban J connectivity index is 3.50. The number of hydrogen-bond acceptors (Lipinski definition) is 3. The molecule has 5 heteroatoms. The Kier molecular flexibility index (Phi) is 1.80. The van der Waals surface area contributed by atoms with Crippen LogP contribution in [0.15, 0.2) is 15.8 Å². The average Bonchev–Trinajstić information content (AvgIpc) is 2.01. The van der Waals surface area contributed by atoms with E-state index in [0.717, 1.165) is 0 Å². The number of nitrogens with one attached hydrogen (secondary N) is 1. The fourth-order valence-electron chi connectivity index (χ4n) is 0.780. The Hall–Kier alpha value is -1.52. The van der Waals surface area contributed by atoms with Crippen molar-refractivity contribution < 1.29 is 0 Å². The lowest BCUT2D eigenvalue weighted by Crippen LogP contribution is -2.41. The highest BCUT2D eigenvalue weighted by Gasteiger charge is 2.00. The summed E-state index contributed by atoms with van der Waals surface area (Å²) in [6.45, 7) is 1.81. The van der Waals surface area contributed by atoms with Crippen LogP contribution >= 0.6 is 0 Å². The SMILES string of the molecule is CCc1c[nH]c(=O)n(N)c1=O. The molecule has 0 aromatic carbocycles. The summed E-state index contributed by atoms with van der Waals surface area (Å²) < 4.78 is 0.568. The summed E-state index contributed by atoms with van der Waals surface area (Å²) in [5.41, 5.74) is -0.518. The van der Waals surface area contributed by atoms with E-state index in [9.17, 15) is 9.59 Å². The first-order valence-corrected chi connectivity index (χ1v) is 3.25. The first kappa shape index (κ1) is 7.59. The third-order valence-electron chi connectivity index (χ3n) is 1.46. The van der Waals surface area contributed by atoms with Crippen LogP contribution in [0.25, 0.3) is 0 Å². The van der Waals surface area contributed by atoms with Crippen molar-refractivity contribution in [3.63, 3.8) is 0 Å². The number of nitrogens with zero attached hydrogens (tertiary/aromatic N) is 1. The largest absolute Gasteiger partial charge is 0.347 e. The van der Waals surface area contributed by atoms with Crippen molar-refractivity contribution in [3.05, 3.63) is 32.6 Å². The zero-order valence-corrected chi connectivity index (χ0v) is 6.13. The number of H-pyrrole nitrogens is 1. The van der Waals surface area contributed by atoms with Crippen molar-refractivity contribution in [2.45, 2.75) is 13.3 Å². The highest BCUT2D eigenvalue weighted by molar-refractivity contribution is 5.03. The first-order valence-electron chi connectivity index (χ1n) is 3.25. The lowest BCUT2D eigenvalue weighted by atomic mass is 10.3. The predicted octanol–water partition coefficient (Wildman–Crippen LogP) is -1.19. The molecule has 11 heavy (non-hydrogen) atoms. The Morgan fingerprint density at radius 2 is 2.27 bits per heavy atom. The van der Waals surface area contributed by atoms with Gasteiger partial charge in [0.1, 0.15) is 0 Å². The van der Waals surface area contributed by atoms with Crippen molar-refractivity contribution in [3.8, 4) is 0 Å². The number of rotatable bonds is 1. The molecular weight excluding hydrogens is 146 g/mol. The summed E-state index contributed by atoms with van der Waals surface area (Å²) in [6.07, 6.45) is 1.95. The van der Waals surface area contributed by atoms with Crippen LogP contribution in [0.1, 0.15) is 12.5 Å². The van der Waals surface area contributed by atoms with Crippen LogP contribution in [0, 0.1) is 0 Å². The highest BCUT2D eigenvalue weighted by Crippen LogP contribution is 1.83. The highest BCUT2D eigenvalue weighted by atomic mass is 16.2. The third-order valence-corrected chi connectivity index (χ3v) is 1.46. The number of hydrogen-bond donors (Lipinski definition) is 2. The maximum Gasteiger partial charge on any atom is 0.347 e. The van der Waals surface area contributed by atoms with Crippen LogP contribution in [0.4, 0.5) is 0 Å². The maximum absolute atomic E-state index is 11.0. The lowest BCUT2D eigenvalue weighted by molar-refractivity contribution is 0.805. The summed E-state index contributed by atoms with van der Waals surface area (Å²) in [5.74, 6) is 5.12. The normalized spacial score (nSPS) is 9.91. The minimum atomic E-state index is -0.591. The molecule has 0 bridgehead atoms. The van der Waals surface area contributed by atoms with Gasteiger partial charge >= 0.3 is 5.69 Å². The molecular formula is C6H9N3O2. The monoisotopic (exact) mass is 155 g/mol. The molecule has 0 spiro atoms. The maximum atomic E-state index is 11.0. The molecule has 0 fully saturated rings. The van der Waals surface area contributed by atoms with Crippen LogP contribution in [0.3, 0.4) is 0 Å². The van der Waals surface area contributed by atoms with Gasteiger partial charge in [-0.2, -0.15) is 4.68 Å². The van der Waals surface area contributed by atoms with Gasteiger partial charge in [0.15, 0.2) is 0 Å². The topological polar surface area (TPSA) is 80.9 Å². The van der Waals surface area contributed by atoms with Gasteiger partial charge < -0.3 is 10.8 Å². The molecule has 0 aliphatic carbocycles. The van der Waals surface area contributed by atoms with Crippen molar-refractivity contribution in [1.29, 1.82) is 0 Å². The zero-order chi connectivity index (χ0) is 8.43. The van der Waals surface area contributed by atoms with Crippen molar-refractivity contribution in [2.24, 2.45) is 0 Å². The standard InChI is InChI=1S/C6H9N3O2/c1-2-4-3-8-6(11)9(7)5(4)10/h3H,2,7H2,1H3,(H,8,11). The minimum Gasteiger partial charge on any atom is -0.332 e. The Bertz CT molecular complexity index is 363. The molecule has 1 rings (SSSR count). The van der Waals surface area contributed by atoms with E-state index in [4.69, 9.17) is 5.84 Å². The molecule has 0 saturated carbocycles. The van der Waals surface area contributed by atoms with E-state index in [1.165, 1.54) is 6.20 Å². The van der Waals surface area contributed by atoms with E-state index >= 15 is 0 Å². The average molecular weight is 155 g/mol. The second-order valence-electron chi connectivity index (χ2n) is 2.15.